The molecule has 2 aliphatic heterocycles. The van der Waals surface area contributed by atoms with Gasteiger partial charge >= 0.3 is 12.2 Å². The number of halogens is 6. The average Bonchev–Trinajstić information content (AvgIpc) is 3.74. The second kappa shape index (κ2) is 13.7. The van der Waals surface area contributed by atoms with Gasteiger partial charge in [0.1, 0.15) is 41.0 Å². The van der Waals surface area contributed by atoms with Crippen molar-refractivity contribution < 1.29 is 40.7 Å². The zero-order chi connectivity index (χ0) is 37.9. The molecule has 0 spiro atoms. The summed E-state index contributed by atoms with van der Waals surface area (Å²) >= 11 is 0.657. The lowest BCUT2D eigenvalue weighted by atomic mass is 9.92. The second-order valence-electron chi connectivity index (χ2n) is 13.5. The first kappa shape index (κ1) is 37.1. The molecule has 2 fully saturated rings. The number of fused-ring (bicyclic) bond motifs is 3. The summed E-state index contributed by atoms with van der Waals surface area (Å²) in [5.41, 5.74) is 1.62. The van der Waals surface area contributed by atoms with E-state index < -0.39 is 69.5 Å². The number of anilines is 2. The van der Waals surface area contributed by atoms with Crippen LogP contribution in [-0.2, 0) is 15.8 Å². The fourth-order valence-corrected chi connectivity index (χ4v) is 8.24. The maximum Gasteiger partial charge on any atom is 0.417 e. The number of hydrogen-bond donors (Lipinski definition) is 1. The highest BCUT2D eigenvalue weighted by atomic mass is 32.1. The Hall–Kier alpha value is -4.69. The summed E-state index contributed by atoms with van der Waals surface area (Å²) in [6.45, 7) is 3.70. The molecule has 2 aliphatic rings. The molecule has 2 saturated heterocycles. The molecular weight excluding hydrogens is 712 g/mol. The van der Waals surface area contributed by atoms with Crippen LogP contribution in [0.1, 0.15) is 50.7 Å². The number of rotatable bonds is 9. The standard InChI is InChI=1S/C35H35F6N7O3S/c1-17(32(50)47(4)18(2)49)8-11-46(3)31-21-12-23(35(39,40)41)26(20-6-7-24(37)29-25(20)22(14-42)30(43)52-29)27(38)28(21)44-33(45-31)51-16-34-9-5-10-48(34)15-19(36)13-34/h6-7,12,17,19H,5,8-11,13,15-16,43H2,1-4H3/t17?,19-,34+/m1/s1. The molecule has 6 rings (SSSR count). The normalized spacial score (nSPS) is 19.5. The van der Waals surface area contributed by atoms with Crippen LogP contribution in [0.2, 0.25) is 0 Å². The fourth-order valence-electron chi connectivity index (χ4n) is 7.29. The third-order valence-corrected chi connectivity index (χ3v) is 11.1. The Labute approximate surface area is 298 Å². The van der Waals surface area contributed by atoms with Gasteiger partial charge in [0.05, 0.1) is 21.4 Å². The molecule has 4 heterocycles. The van der Waals surface area contributed by atoms with Crippen molar-refractivity contribution in [3.8, 4) is 23.2 Å². The van der Waals surface area contributed by atoms with Crippen LogP contribution < -0.4 is 15.4 Å². The highest BCUT2D eigenvalue weighted by molar-refractivity contribution is 7.23. The lowest BCUT2D eigenvalue weighted by Gasteiger charge is -2.31. The predicted molar refractivity (Wildman–Crippen MR) is 183 cm³/mol. The van der Waals surface area contributed by atoms with E-state index in [1.165, 1.54) is 25.9 Å². The summed E-state index contributed by atoms with van der Waals surface area (Å²) < 4.78 is 97.1. The highest BCUT2D eigenvalue weighted by Crippen LogP contribution is 2.48. The van der Waals surface area contributed by atoms with E-state index in [0.717, 1.165) is 23.5 Å². The molecule has 0 aliphatic carbocycles. The van der Waals surface area contributed by atoms with Crippen LogP contribution in [0.25, 0.3) is 32.1 Å². The van der Waals surface area contributed by atoms with Gasteiger partial charge in [0.15, 0.2) is 5.82 Å². The van der Waals surface area contributed by atoms with Crippen LogP contribution in [0.4, 0.5) is 37.2 Å². The molecule has 1 unspecified atom stereocenters. The number of ether oxygens (including phenoxy) is 1. The zero-order valence-corrected chi connectivity index (χ0v) is 29.5. The summed E-state index contributed by atoms with van der Waals surface area (Å²) in [4.78, 5) is 37.6. The molecule has 2 aromatic heterocycles. The van der Waals surface area contributed by atoms with Gasteiger partial charge in [-0.1, -0.05) is 13.0 Å². The smallest absolute Gasteiger partial charge is 0.417 e. The van der Waals surface area contributed by atoms with Gasteiger partial charge in [-0.3, -0.25) is 19.4 Å². The van der Waals surface area contributed by atoms with Crippen LogP contribution in [-0.4, -0.2) is 83.6 Å². The van der Waals surface area contributed by atoms with Crippen molar-refractivity contribution in [1.82, 2.24) is 19.8 Å². The van der Waals surface area contributed by atoms with E-state index >= 15 is 4.39 Å². The van der Waals surface area contributed by atoms with Gasteiger partial charge < -0.3 is 15.4 Å². The Morgan fingerprint density at radius 2 is 1.98 bits per heavy atom. The zero-order valence-electron chi connectivity index (χ0n) is 28.7. The van der Waals surface area contributed by atoms with E-state index in [9.17, 15) is 36.8 Å². The summed E-state index contributed by atoms with van der Waals surface area (Å²) in [6, 6.07) is 3.97. The molecule has 276 valence electrons. The van der Waals surface area contributed by atoms with Crippen molar-refractivity contribution >= 4 is 55.0 Å². The Kier molecular flexibility index (Phi) is 9.77. The van der Waals surface area contributed by atoms with E-state index in [2.05, 4.69) is 9.97 Å². The number of alkyl halides is 4. The minimum absolute atomic E-state index is 0.0362. The minimum Gasteiger partial charge on any atom is -0.461 e. The van der Waals surface area contributed by atoms with Crippen LogP contribution in [0, 0.1) is 28.9 Å². The molecule has 17 heteroatoms. The molecule has 10 nitrogen and oxygen atoms in total. The van der Waals surface area contributed by atoms with Crippen LogP contribution in [0.15, 0.2) is 18.2 Å². The monoisotopic (exact) mass is 747 g/mol. The largest absolute Gasteiger partial charge is 0.461 e. The second-order valence-corrected chi connectivity index (χ2v) is 14.5. The van der Waals surface area contributed by atoms with E-state index in [1.807, 2.05) is 4.90 Å². The van der Waals surface area contributed by atoms with Gasteiger partial charge in [-0.25, -0.2) is 13.2 Å². The number of nitrogens with two attached hydrogens (primary N) is 1. The van der Waals surface area contributed by atoms with Crippen molar-refractivity contribution in [3.63, 3.8) is 0 Å². The Balaban J connectivity index is 1.52. The number of nitrogens with zero attached hydrogens (tertiary/aromatic N) is 6. The number of hydrogen-bond acceptors (Lipinski definition) is 10. The van der Waals surface area contributed by atoms with Crippen LogP contribution in [0.3, 0.4) is 0 Å². The third-order valence-electron chi connectivity index (χ3n) is 10.1. The van der Waals surface area contributed by atoms with E-state index in [4.69, 9.17) is 10.5 Å². The van der Waals surface area contributed by atoms with E-state index in [-0.39, 0.29) is 70.4 Å². The number of nitrogen functional groups attached to an aromatic ring is 1. The summed E-state index contributed by atoms with van der Waals surface area (Å²) in [5.74, 6) is -4.03. The predicted octanol–water partition coefficient (Wildman–Crippen LogP) is 6.68. The van der Waals surface area contributed by atoms with Gasteiger partial charge in [-0.15, -0.1) is 11.3 Å². The number of benzene rings is 2. The fraction of sp³-hybridized carbons (Fsp3) is 0.457. The molecule has 2 N–H and O–H groups in total. The van der Waals surface area contributed by atoms with Crippen molar-refractivity contribution in [1.29, 1.82) is 5.26 Å². The molecule has 3 atom stereocenters. The van der Waals surface area contributed by atoms with Crippen molar-refractivity contribution in [2.45, 2.75) is 57.4 Å². The van der Waals surface area contributed by atoms with Gasteiger partial charge in [0.2, 0.25) is 11.8 Å². The Morgan fingerprint density at radius 3 is 2.65 bits per heavy atom. The minimum atomic E-state index is -5.15. The van der Waals surface area contributed by atoms with Crippen molar-refractivity contribution in [3.05, 3.63) is 41.0 Å². The van der Waals surface area contributed by atoms with Crippen LogP contribution >= 0.6 is 11.3 Å². The van der Waals surface area contributed by atoms with E-state index in [0.29, 0.717) is 30.4 Å². The van der Waals surface area contributed by atoms with Crippen molar-refractivity contribution in [2.75, 3.05) is 51.0 Å². The number of carbonyl (C=O) groups excluding carboxylic acids is 2. The summed E-state index contributed by atoms with van der Waals surface area (Å²) in [6.07, 6.45) is -4.45. The average molecular weight is 748 g/mol. The molecular formula is C35H35F6N7O3S. The van der Waals surface area contributed by atoms with E-state index in [1.54, 1.807) is 13.0 Å². The number of amides is 2. The van der Waals surface area contributed by atoms with Gasteiger partial charge in [0.25, 0.3) is 0 Å². The number of thiophene rings is 1. The summed E-state index contributed by atoms with van der Waals surface area (Å²) in [5, 5.41) is 9.06. The first-order chi connectivity index (χ1) is 24.5. The number of carbonyl (C=O) groups is 2. The maximum atomic E-state index is 17.0. The lowest BCUT2D eigenvalue weighted by molar-refractivity contribution is -0.144. The SMILES string of the molecule is CC(=O)N(C)C(=O)C(C)CCN(C)c1nc(OC[C@@]23CCCN2C[C@H](F)C3)nc2c(F)c(-c3ccc(F)c4sc(N)c(C#N)c34)c(C(F)(F)F)cc12. The Morgan fingerprint density at radius 1 is 1.25 bits per heavy atom. The number of aromatic nitrogens is 2. The van der Waals surface area contributed by atoms with Gasteiger partial charge in [0, 0.05) is 62.8 Å². The quantitative estimate of drug-likeness (QED) is 0.187. The molecule has 0 radical (unpaired) electrons. The lowest BCUT2D eigenvalue weighted by Crippen LogP contribution is -2.43. The number of imide groups is 1. The van der Waals surface area contributed by atoms with Crippen LogP contribution in [0.5, 0.6) is 6.01 Å². The van der Waals surface area contributed by atoms with Crippen molar-refractivity contribution in [2.24, 2.45) is 5.92 Å². The van der Waals surface area contributed by atoms with Gasteiger partial charge in [-0.2, -0.15) is 28.4 Å². The topological polar surface area (TPSA) is 129 Å². The Bertz CT molecular complexity index is 2140. The highest BCUT2D eigenvalue weighted by Gasteiger charge is 2.49. The molecule has 2 aromatic carbocycles. The summed E-state index contributed by atoms with van der Waals surface area (Å²) in [7, 11) is 2.83. The third kappa shape index (κ3) is 6.46. The number of nitriles is 1. The maximum absolute atomic E-state index is 17.0. The first-order valence-corrected chi connectivity index (χ1v) is 17.3. The molecule has 0 saturated carbocycles. The first-order valence-electron chi connectivity index (χ1n) is 16.5. The molecule has 4 aromatic rings. The molecule has 2 amide bonds. The molecule has 0 bridgehead atoms. The van der Waals surface area contributed by atoms with Gasteiger partial charge in [-0.05, 0) is 43.5 Å². The molecule has 52 heavy (non-hydrogen) atoms.